The van der Waals surface area contributed by atoms with Gasteiger partial charge in [-0.2, -0.15) is 0 Å². The summed E-state index contributed by atoms with van der Waals surface area (Å²) in [5.41, 5.74) is 1.23. The predicted octanol–water partition coefficient (Wildman–Crippen LogP) is 4.88. The first kappa shape index (κ1) is 17.6. The van der Waals surface area contributed by atoms with Gasteiger partial charge in [0.2, 0.25) is 0 Å². The Morgan fingerprint density at radius 1 is 1.28 bits per heavy atom. The maximum atomic E-state index is 12.5. The minimum Gasteiger partial charge on any atom is -0.495 e. The summed E-state index contributed by atoms with van der Waals surface area (Å²) < 4.78 is 12.3. The Hall–Kier alpha value is -2.21. The molecule has 1 aliphatic heterocycles. The molecule has 3 rings (SSSR count). The number of rotatable bonds is 3. The highest BCUT2D eigenvalue weighted by molar-refractivity contribution is 9.10. The van der Waals surface area contributed by atoms with E-state index in [1.54, 1.807) is 19.2 Å². The van der Waals surface area contributed by atoms with E-state index in [0.717, 1.165) is 15.8 Å². The van der Waals surface area contributed by atoms with Crippen molar-refractivity contribution in [1.82, 2.24) is 5.32 Å². The van der Waals surface area contributed by atoms with E-state index < -0.39 is 0 Å². The molecule has 5 nitrogen and oxygen atoms in total. The van der Waals surface area contributed by atoms with Crippen LogP contribution < -0.4 is 20.1 Å². The van der Waals surface area contributed by atoms with Crippen molar-refractivity contribution in [1.29, 1.82) is 0 Å². The van der Waals surface area contributed by atoms with Gasteiger partial charge in [0.05, 0.1) is 18.8 Å². The lowest BCUT2D eigenvalue weighted by Crippen LogP contribution is -2.42. The van der Waals surface area contributed by atoms with E-state index in [0.29, 0.717) is 17.9 Å². The zero-order valence-electron chi connectivity index (χ0n) is 14.4. The van der Waals surface area contributed by atoms with Crippen molar-refractivity contribution >= 4 is 27.6 Å². The van der Waals surface area contributed by atoms with Crippen molar-refractivity contribution in [3.05, 3.63) is 52.5 Å². The van der Waals surface area contributed by atoms with Gasteiger partial charge in [-0.3, -0.25) is 0 Å². The summed E-state index contributed by atoms with van der Waals surface area (Å²) >= 11 is 3.48. The molecule has 0 bridgehead atoms. The molecule has 1 aliphatic rings. The highest BCUT2D eigenvalue weighted by Gasteiger charge is 2.34. The Balaban J connectivity index is 1.80. The number of nitrogens with one attached hydrogen (secondary N) is 2. The van der Waals surface area contributed by atoms with E-state index in [1.807, 2.05) is 44.2 Å². The molecule has 2 N–H and O–H groups in total. The molecule has 25 heavy (non-hydrogen) atoms. The van der Waals surface area contributed by atoms with Crippen LogP contribution in [0.5, 0.6) is 11.5 Å². The van der Waals surface area contributed by atoms with Crippen LogP contribution in [0.1, 0.15) is 31.9 Å². The highest BCUT2D eigenvalue weighted by Crippen LogP contribution is 2.40. The lowest BCUT2D eigenvalue weighted by Gasteiger charge is -2.38. The van der Waals surface area contributed by atoms with Gasteiger partial charge in [-0.1, -0.05) is 28.1 Å². The molecule has 1 atom stereocenters. The third-order valence-electron chi connectivity index (χ3n) is 4.09. The molecule has 0 aromatic heterocycles. The molecule has 6 heteroatoms. The normalized spacial score (nSPS) is 17.8. The zero-order chi connectivity index (χ0) is 18.0. The van der Waals surface area contributed by atoms with Crippen molar-refractivity contribution in [3.63, 3.8) is 0 Å². The lowest BCUT2D eigenvalue weighted by atomic mass is 9.90. The summed E-state index contributed by atoms with van der Waals surface area (Å²) in [5.74, 6) is 1.41. The first-order chi connectivity index (χ1) is 11.9. The van der Waals surface area contributed by atoms with Crippen LogP contribution in [0.15, 0.2) is 46.9 Å². The molecule has 132 valence electrons. The summed E-state index contributed by atoms with van der Waals surface area (Å²) in [7, 11) is 1.58. The minimum absolute atomic E-state index is 0.147. The fourth-order valence-electron chi connectivity index (χ4n) is 3.02. The van der Waals surface area contributed by atoms with Gasteiger partial charge in [0.1, 0.15) is 17.1 Å². The van der Waals surface area contributed by atoms with Crippen LogP contribution in [-0.4, -0.2) is 18.7 Å². The monoisotopic (exact) mass is 404 g/mol. The average molecular weight is 405 g/mol. The van der Waals surface area contributed by atoms with Crippen LogP contribution in [0.2, 0.25) is 0 Å². The molecule has 0 saturated heterocycles. The van der Waals surface area contributed by atoms with E-state index >= 15 is 0 Å². The number of carbonyl (C=O) groups excluding carboxylic acids is 1. The van der Waals surface area contributed by atoms with Crippen molar-refractivity contribution in [2.24, 2.45) is 0 Å². The third kappa shape index (κ3) is 4.07. The fourth-order valence-corrected chi connectivity index (χ4v) is 3.40. The Bertz CT molecular complexity index is 792. The number of carbonyl (C=O) groups is 1. The number of halogens is 1. The van der Waals surface area contributed by atoms with E-state index in [-0.39, 0.29) is 17.7 Å². The minimum atomic E-state index is -0.358. The Morgan fingerprint density at radius 2 is 2.04 bits per heavy atom. The van der Waals surface area contributed by atoms with Crippen molar-refractivity contribution < 1.29 is 14.3 Å². The quantitative estimate of drug-likeness (QED) is 0.765. The fraction of sp³-hybridized carbons (Fsp3) is 0.316. The standard InChI is InChI=1S/C19H21BrN2O3/c1-19(2)11-15(13-10-12(20)8-9-16(13)25-19)22-18(23)21-14-6-4-5-7-17(14)24-3/h4-10,15H,11H2,1-3H3,(H2,21,22,23). The maximum absolute atomic E-state index is 12.5. The van der Waals surface area contributed by atoms with Gasteiger partial charge in [0, 0.05) is 16.5 Å². The van der Waals surface area contributed by atoms with Gasteiger partial charge in [-0.05, 0) is 44.2 Å². The number of hydrogen-bond acceptors (Lipinski definition) is 3. The summed E-state index contributed by atoms with van der Waals surface area (Å²) in [4.78, 5) is 12.5. The summed E-state index contributed by atoms with van der Waals surface area (Å²) in [6.07, 6.45) is 0.676. The first-order valence-corrected chi connectivity index (χ1v) is 8.86. The average Bonchev–Trinajstić information content (AvgIpc) is 2.55. The summed E-state index contributed by atoms with van der Waals surface area (Å²) in [6.45, 7) is 4.04. The van der Waals surface area contributed by atoms with Crippen molar-refractivity contribution in [2.45, 2.75) is 31.9 Å². The molecule has 0 aliphatic carbocycles. The highest BCUT2D eigenvalue weighted by atomic mass is 79.9. The van der Waals surface area contributed by atoms with E-state index in [4.69, 9.17) is 9.47 Å². The summed E-state index contributed by atoms with van der Waals surface area (Å²) in [5, 5.41) is 5.91. The Morgan fingerprint density at radius 3 is 2.80 bits per heavy atom. The molecule has 0 fully saturated rings. The number of methoxy groups -OCH3 is 1. The van der Waals surface area contributed by atoms with Gasteiger partial charge < -0.3 is 20.1 Å². The number of para-hydroxylation sites is 2. The zero-order valence-corrected chi connectivity index (χ0v) is 16.0. The SMILES string of the molecule is COc1ccccc1NC(=O)NC1CC(C)(C)Oc2ccc(Br)cc21. The molecule has 0 spiro atoms. The lowest BCUT2D eigenvalue weighted by molar-refractivity contribution is 0.0682. The van der Waals surface area contributed by atoms with Crippen LogP contribution in [0.4, 0.5) is 10.5 Å². The number of fused-ring (bicyclic) bond motifs is 1. The maximum Gasteiger partial charge on any atom is 0.319 e. The van der Waals surface area contributed by atoms with Crippen LogP contribution in [0, 0.1) is 0 Å². The third-order valence-corrected chi connectivity index (χ3v) is 4.58. The van der Waals surface area contributed by atoms with Crippen molar-refractivity contribution in [2.75, 3.05) is 12.4 Å². The predicted molar refractivity (Wildman–Crippen MR) is 101 cm³/mol. The number of hydrogen-bond donors (Lipinski definition) is 2. The molecule has 2 amide bonds. The molecular weight excluding hydrogens is 384 g/mol. The smallest absolute Gasteiger partial charge is 0.319 e. The van der Waals surface area contributed by atoms with E-state index in [9.17, 15) is 4.79 Å². The number of anilines is 1. The Labute approximate surface area is 155 Å². The molecule has 1 heterocycles. The molecule has 0 radical (unpaired) electrons. The second-order valence-corrected chi connectivity index (χ2v) is 7.52. The van der Waals surface area contributed by atoms with Crippen LogP contribution in [0.25, 0.3) is 0 Å². The van der Waals surface area contributed by atoms with Crippen molar-refractivity contribution in [3.8, 4) is 11.5 Å². The van der Waals surface area contributed by atoms with Gasteiger partial charge in [0.25, 0.3) is 0 Å². The largest absolute Gasteiger partial charge is 0.495 e. The van der Waals surface area contributed by atoms with Gasteiger partial charge in [0.15, 0.2) is 0 Å². The molecule has 1 unspecified atom stereocenters. The summed E-state index contributed by atoms with van der Waals surface area (Å²) in [6, 6.07) is 12.7. The Kier molecular flexibility index (Phi) is 4.90. The molecule has 2 aromatic carbocycles. The molecule has 2 aromatic rings. The van der Waals surface area contributed by atoms with Gasteiger partial charge >= 0.3 is 6.03 Å². The second kappa shape index (κ2) is 6.96. The van der Waals surface area contributed by atoms with Crippen LogP contribution in [-0.2, 0) is 0 Å². The van der Waals surface area contributed by atoms with Crippen LogP contribution in [0.3, 0.4) is 0 Å². The van der Waals surface area contributed by atoms with Crippen LogP contribution >= 0.6 is 15.9 Å². The number of urea groups is 1. The van der Waals surface area contributed by atoms with E-state index in [1.165, 1.54) is 0 Å². The number of amides is 2. The molecule has 0 saturated carbocycles. The van der Waals surface area contributed by atoms with Gasteiger partial charge in [-0.15, -0.1) is 0 Å². The first-order valence-electron chi connectivity index (χ1n) is 8.07. The number of benzene rings is 2. The van der Waals surface area contributed by atoms with E-state index in [2.05, 4.69) is 26.6 Å². The van der Waals surface area contributed by atoms with Gasteiger partial charge in [-0.25, -0.2) is 4.79 Å². The number of ether oxygens (including phenoxy) is 2. The molecular formula is C19H21BrN2O3. The topological polar surface area (TPSA) is 59.6 Å². The second-order valence-electron chi connectivity index (χ2n) is 6.60.